The number of carbonyl (C=O) groups excluding carboxylic acids is 1. The van der Waals surface area contributed by atoms with Gasteiger partial charge < -0.3 is 10.6 Å². The van der Waals surface area contributed by atoms with Gasteiger partial charge in [-0.25, -0.2) is 4.79 Å². The molecule has 0 aliphatic rings. The molecule has 3 nitrogen and oxygen atoms in total. The number of hydrogen-bond acceptors (Lipinski definition) is 1. The molecular weight excluding hydrogens is 340 g/mol. The lowest BCUT2D eigenvalue weighted by Crippen LogP contribution is -2.29. The van der Waals surface area contributed by atoms with E-state index in [1.165, 1.54) is 0 Å². The van der Waals surface area contributed by atoms with Crippen LogP contribution in [0.15, 0.2) is 46.9 Å². The van der Waals surface area contributed by atoms with Crippen LogP contribution in [0.2, 0.25) is 0 Å². The number of benzene rings is 2. The van der Waals surface area contributed by atoms with Crippen LogP contribution >= 0.6 is 15.9 Å². The smallest absolute Gasteiger partial charge is 0.319 e. The zero-order chi connectivity index (χ0) is 15.9. The summed E-state index contributed by atoms with van der Waals surface area (Å²) in [5, 5.41) is 5.91. The van der Waals surface area contributed by atoms with Crippen molar-refractivity contribution in [3.8, 4) is 0 Å². The van der Waals surface area contributed by atoms with Crippen LogP contribution in [-0.2, 0) is 19.4 Å². The van der Waals surface area contributed by atoms with Gasteiger partial charge in [0, 0.05) is 16.7 Å². The van der Waals surface area contributed by atoms with Crippen molar-refractivity contribution in [2.75, 3.05) is 5.32 Å². The summed E-state index contributed by atoms with van der Waals surface area (Å²) in [6.45, 7) is 4.69. The molecule has 116 valence electrons. The molecule has 2 N–H and O–H groups in total. The molecule has 0 saturated carbocycles. The average molecular weight is 361 g/mol. The van der Waals surface area contributed by atoms with Crippen LogP contribution in [0.4, 0.5) is 10.5 Å². The number of aryl methyl sites for hydroxylation is 2. The predicted octanol–water partition coefficient (Wildman–Crippen LogP) is 4.90. The molecule has 0 spiro atoms. The molecule has 0 radical (unpaired) electrons. The zero-order valence-electron chi connectivity index (χ0n) is 12.9. The minimum absolute atomic E-state index is 0.171. The lowest BCUT2D eigenvalue weighted by Gasteiger charge is -2.15. The van der Waals surface area contributed by atoms with E-state index in [1.54, 1.807) is 0 Å². The number of rotatable bonds is 5. The zero-order valence-corrected chi connectivity index (χ0v) is 14.5. The van der Waals surface area contributed by atoms with Gasteiger partial charge in [0.15, 0.2) is 0 Å². The van der Waals surface area contributed by atoms with Gasteiger partial charge in [0.1, 0.15) is 0 Å². The quantitative estimate of drug-likeness (QED) is 0.782. The normalized spacial score (nSPS) is 10.3. The van der Waals surface area contributed by atoms with E-state index >= 15 is 0 Å². The Kier molecular flexibility index (Phi) is 6.01. The van der Waals surface area contributed by atoms with E-state index in [-0.39, 0.29) is 6.03 Å². The van der Waals surface area contributed by atoms with Crippen LogP contribution in [-0.4, -0.2) is 6.03 Å². The Balaban J connectivity index is 2.03. The molecular formula is C18H21BrN2O. The largest absolute Gasteiger partial charge is 0.334 e. The van der Waals surface area contributed by atoms with Gasteiger partial charge >= 0.3 is 6.03 Å². The van der Waals surface area contributed by atoms with Crippen molar-refractivity contribution < 1.29 is 4.79 Å². The van der Waals surface area contributed by atoms with Crippen molar-refractivity contribution in [2.24, 2.45) is 0 Å². The molecule has 22 heavy (non-hydrogen) atoms. The van der Waals surface area contributed by atoms with Crippen LogP contribution in [0.3, 0.4) is 0 Å². The molecule has 0 aromatic heterocycles. The van der Waals surface area contributed by atoms with Crippen LogP contribution < -0.4 is 10.6 Å². The fraction of sp³-hybridized carbons (Fsp3) is 0.278. The highest BCUT2D eigenvalue weighted by atomic mass is 79.9. The first-order valence-electron chi connectivity index (χ1n) is 7.54. The van der Waals surface area contributed by atoms with Crippen LogP contribution in [0.1, 0.15) is 30.5 Å². The maximum atomic E-state index is 12.2. The Hall–Kier alpha value is -1.81. The van der Waals surface area contributed by atoms with Crippen molar-refractivity contribution in [2.45, 2.75) is 33.2 Å². The number of carbonyl (C=O) groups is 1. The van der Waals surface area contributed by atoms with E-state index in [9.17, 15) is 4.79 Å². The minimum atomic E-state index is -0.171. The molecule has 2 aromatic rings. The SMILES string of the molecule is CCc1cccc(CC)c1NC(=O)NCc1cccc(Br)c1. The second-order valence-electron chi connectivity index (χ2n) is 5.10. The van der Waals surface area contributed by atoms with Crippen molar-refractivity contribution in [1.29, 1.82) is 0 Å². The molecule has 0 unspecified atom stereocenters. The predicted molar refractivity (Wildman–Crippen MR) is 95.2 cm³/mol. The number of anilines is 1. The standard InChI is InChI=1S/C18H21BrN2O/c1-3-14-8-6-9-15(4-2)17(14)21-18(22)20-12-13-7-5-10-16(19)11-13/h5-11H,3-4,12H2,1-2H3,(H2,20,21,22). The Morgan fingerprint density at radius 3 is 2.27 bits per heavy atom. The first kappa shape index (κ1) is 16.6. The van der Waals surface area contributed by atoms with Crippen LogP contribution in [0, 0.1) is 0 Å². The van der Waals surface area contributed by atoms with E-state index in [0.29, 0.717) is 6.54 Å². The number of amides is 2. The second-order valence-corrected chi connectivity index (χ2v) is 6.01. The molecule has 0 atom stereocenters. The average Bonchev–Trinajstić information content (AvgIpc) is 2.53. The molecule has 2 aromatic carbocycles. The van der Waals surface area contributed by atoms with Crippen molar-refractivity contribution in [3.05, 3.63) is 63.6 Å². The van der Waals surface area contributed by atoms with E-state index in [0.717, 1.165) is 39.7 Å². The van der Waals surface area contributed by atoms with E-state index in [2.05, 4.69) is 52.5 Å². The van der Waals surface area contributed by atoms with E-state index in [1.807, 2.05) is 30.3 Å². The topological polar surface area (TPSA) is 41.1 Å². The lowest BCUT2D eigenvalue weighted by atomic mass is 10.0. The summed E-state index contributed by atoms with van der Waals surface area (Å²) >= 11 is 3.43. The molecule has 0 fully saturated rings. The summed E-state index contributed by atoms with van der Waals surface area (Å²) in [4.78, 5) is 12.2. The van der Waals surface area contributed by atoms with Crippen molar-refractivity contribution >= 4 is 27.6 Å². The third kappa shape index (κ3) is 4.34. The maximum absolute atomic E-state index is 12.2. The second kappa shape index (κ2) is 7.99. The third-order valence-electron chi connectivity index (χ3n) is 3.58. The van der Waals surface area contributed by atoms with Crippen LogP contribution in [0.5, 0.6) is 0 Å². The summed E-state index contributed by atoms with van der Waals surface area (Å²) in [6, 6.07) is 13.9. The van der Waals surface area contributed by atoms with E-state index < -0.39 is 0 Å². The Morgan fingerprint density at radius 2 is 1.68 bits per heavy atom. The summed E-state index contributed by atoms with van der Waals surface area (Å²) in [5.41, 5.74) is 4.33. The lowest BCUT2D eigenvalue weighted by molar-refractivity contribution is 0.251. The highest BCUT2D eigenvalue weighted by molar-refractivity contribution is 9.10. The van der Waals surface area contributed by atoms with Gasteiger partial charge in [-0.3, -0.25) is 0 Å². The monoisotopic (exact) mass is 360 g/mol. The number of nitrogens with one attached hydrogen (secondary N) is 2. The number of hydrogen-bond donors (Lipinski definition) is 2. The number of para-hydroxylation sites is 1. The molecule has 0 heterocycles. The fourth-order valence-corrected chi connectivity index (χ4v) is 2.84. The highest BCUT2D eigenvalue weighted by Crippen LogP contribution is 2.22. The molecule has 0 aliphatic heterocycles. The molecule has 0 saturated heterocycles. The summed E-state index contributed by atoms with van der Waals surface area (Å²) in [6.07, 6.45) is 1.80. The Morgan fingerprint density at radius 1 is 1.05 bits per heavy atom. The fourth-order valence-electron chi connectivity index (χ4n) is 2.39. The van der Waals surface area contributed by atoms with Gasteiger partial charge in [0.25, 0.3) is 0 Å². The van der Waals surface area contributed by atoms with E-state index in [4.69, 9.17) is 0 Å². The van der Waals surface area contributed by atoms with Gasteiger partial charge in [-0.05, 0) is 41.7 Å². The maximum Gasteiger partial charge on any atom is 0.319 e. The minimum Gasteiger partial charge on any atom is -0.334 e. The first-order valence-corrected chi connectivity index (χ1v) is 8.33. The van der Waals surface area contributed by atoms with Gasteiger partial charge in [0.2, 0.25) is 0 Å². The van der Waals surface area contributed by atoms with Crippen molar-refractivity contribution in [3.63, 3.8) is 0 Å². The van der Waals surface area contributed by atoms with Gasteiger partial charge in [0.05, 0.1) is 0 Å². The molecule has 4 heteroatoms. The first-order chi connectivity index (χ1) is 10.6. The molecule has 2 amide bonds. The summed E-state index contributed by atoms with van der Waals surface area (Å²) in [7, 11) is 0. The van der Waals surface area contributed by atoms with Gasteiger partial charge in [-0.2, -0.15) is 0 Å². The molecule has 0 aliphatic carbocycles. The van der Waals surface area contributed by atoms with Gasteiger partial charge in [-0.15, -0.1) is 0 Å². The summed E-state index contributed by atoms with van der Waals surface area (Å²) < 4.78 is 1.01. The number of urea groups is 1. The third-order valence-corrected chi connectivity index (χ3v) is 4.07. The highest BCUT2D eigenvalue weighted by Gasteiger charge is 2.09. The summed E-state index contributed by atoms with van der Waals surface area (Å²) in [5.74, 6) is 0. The molecule has 0 bridgehead atoms. The van der Waals surface area contributed by atoms with Gasteiger partial charge in [-0.1, -0.05) is 60.1 Å². The van der Waals surface area contributed by atoms with Crippen molar-refractivity contribution in [1.82, 2.24) is 5.32 Å². The Bertz CT molecular complexity index is 633. The number of halogens is 1. The molecule has 2 rings (SSSR count). The van der Waals surface area contributed by atoms with Crippen LogP contribution in [0.25, 0.3) is 0 Å². The Labute approximate surface area is 140 Å².